The highest BCUT2D eigenvalue weighted by molar-refractivity contribution is 5.79. The highest BCUT2D eigenvalue weighted by atomic mass is 16.1. The van der Waals surface area contributed by atoms with E-state index in [0.29, 0.717) is 17.1 Å². The molecule has 2 aliphatic rings. The van der Waals surface area contributed by atoms with Crippen molar-refractivity contribution < 1.29 is 4.79 Å². The molecule has 84 valence electrons. The molecule has 0 radical (unpaired) electrons. The van der Waals surface area contributed by atoms with Crippen molar-refractivity contribution in [2.24, 2.45) is 11.3 Å². The Bertz CT molecular complexity index is 309. The van der Waals surface area contributed by atoms with Gasteiger partial charge in [0, 0.05) is 5.92 Å². The molecule has 2 rings (SSSR count). The van der Waals surface area contributed by atoms with Crippen LogP contribution in [0, 0.1) is 11.3 Å². The molecule has 0 aromatic heterocycles. The lowest BCUT2D eigenvalue weighted by molar-refractivity contribution is -0.121. The molecule has 0 N–H and O–H groups in total. The minimum absolute atomic E-state index is 0.320. The summed E-state index contributed by atoms with van der Waals surface area (Å²) in [6.07, 6.45) is 7.28. The highest BCUT2D eigenvalue weighted by Gasteiger charge is 2.34. The van der Waals surface area contributed by atoms with Crippen molar-refractivity contribution in [2.75, 3.05) is 0 Å². The van der Waals surface area contributed by atoms with E-state index in [0.717, 1.165) is 12.8 Å². The van der Waals surface area contributed by atoms with Gasteiger partial charge in [0.05, 0.1) is 0 Å². The molecule has 0 aromatic carbocycles. The van der Waals surface area contributed by atoms with Gasteiger partial charge >= 0.3 is 0 Å². The van der Waals surface area contributed by atoms with Crippen LogP contribution in [0.15, 0.2) is 11.1 Å². The molecule has 15 heavy (non-hydrogen) atoms. The van der Waals surface area contributed by atoms with Crippen molar-refractivity contribution in [1.29, 1.82) is 0 Å². The van der Waals surface area contributed by atoms with E-state index in [1.54, 1.807) is 18.1 Å². The zero-order chi connectivity index (χ0) is 11.1. The summed E-state index contributed by atoms with van der Waals surface area (Å²) in [4.78, 5) is 11.5. The Morgan fingerprint density at radius 1 is 1.33 bits per heavy atom. The lowest BCUT2D eigenvalue weighted by atomic mass is 9.65. The van der Waals surface area contributed by atoms with Crippen LogP contribution in [0.25, 0.3) is 0 Å². The second-order valence-electron chi connectivity index (χ2n) is 5.87. The maximum atomic E-state index is 11.5. The van der Waals surface area contributed by atoms with Crippen molar-refractivity contribution in [3.05, 3.63) is 11.1 Å². The van der Waals surface area contributed by atoms with E-state index in [1.807, 2.05) is 0 Å². The molecule has 0 saturated carbocycles. The summed E-state index contributed by atoms with van der Waals surface area (Å²) in [6, 6.07) is 0. The van der Waals surface area contributed by atoms with E-state index in [1.165, 1.54) is 25.7 Å². The van der Waals surface area contributed by atoms with E-state index >= 15 is 0 Å². The molecular weight excluding hydrogens is 184 g/mol. The normalized spacial score (nSPS) is 29.9. The number of ketones is 1. The van der Waals surface area contributed by atoms with Gasteiger partial charge in [0.15, 0.2) is 0 Å². The fraction of sp³-hybridized carbons (Fsp3) is 0.786. The summed E-state index contributed by atoms with van der Waals surface area (Å²) in [5.74, 6) is 0.712. The molecule has 0 bridgehead atoms. The Morgan fingerprint density at radius 3 is 2.73 bits per heavy atom. The molecule has 1 atom stereocenters. The number of hydrogen-bond acceptors (Lipinski definition) is 1. The summed E-state index contributed by atoms with van der Waals surface area (Å²) < 4.78 is 0. The zero-order valence-electron chi connectivity index (χ0n) is 10.2. The van der Waals surface area contributed by atoms with Crippen LogP contribution in [0.1, 0.15) is 59.3 Å². The molecule has 0 amide bonds. The average Bonchev–Trinajstić information content (AvgIpc) is 2.17. The Kier molecular flexibility index (Phi) is 2.74. The first-order chi connectivity index (χ1) is 7.00. The van der Waals surface area contributed by atoms with Gasteiger partial charge < -0.3 is 0 Å². The maximum Gasteiger partial charge on any atom is 0.133 e. The van der Waals surface area contributed by atoms with Gasteiger partial charge in [0.2, 0.25) is 0 Å². The third-order valence-electron chi connectivity index (χ3n) is 4.34. The maximum absolute atomic E-state index is 11.5. The zero-order valence-corrected chi connectivity index (χ0v) is 10.2. The number of hydrogen-bond donors (Lipinski definition) is 0. The number of carbonyl (C=O) groups excluding carboxylic acids is 1. The van der Waals surface area contributed by atoms with Crippen LogP contribution >= 0.6 is 0 Å². The Hall–Kier alpha value is -0.590. The van der Waals surface area contributed by atoms with Crippen LogP contribution in [-0.4, -0.2) is 5.78 Å². The standard InChI is InChI=1S/C14H22O/c1-10(15)12-7-6-11-5-4-8-14(2,3)13(11)9-12/h12H,4-9H2,1-3H3/t12-/m1/s1. The van der Waals surface area contributed by atoms with Crippen LogP contribution in [0.3, 0.4) is 0 Å². The van der Waals surface area contributed by atoms with Gasteiger partial charge in [-0.2, -0.15) is 0 Å². The molecule has 0 aliphatic heterocycles. The fourth-order valence-electron chi connectivity index (χ4n) is 3.26. The molecule has 1 nitrogen and oxygen atoms in total. The fourth-order valence-corrected chi connectivity index (χ4v) is 3.26. The van der Waals surface area contributed by atoms with Gasteiger partial charge in [-0.3, -0.25) is 4.79 Å². The molecule has 0 fully saturated rings. The van der Waals surface area contributed by atoms with E-state index in [9.17, 15) is 4.79 Å². The molecular formula is C14H22O. The van der Waals surface area contributed by atoms with Crippen molar-refractivity contribution in [3.8, 4) is 0 Å². The lowest BCUT2D eigenvalue weighted by Crippen LogP contribution is -2.28. The third kappa shape index (κ3) is 2.02. The number of carbonyl (C=O) groups is 1. The Labute approximate surface area is 92.9 Å². The van der Waals surface area contributed by atoms with Gasteiger partial charge in [0.25, 0.3) is 0 Å². The topological polar surface area (TPSA) is 17.1 Å². The van der Waals surface area contributed by atoms with E-state index in [4.69, 9.17) is 0 Å². The second kappa shape index (κ2) is 3.77. The lowest BCUT2D eigenvalue weighted by Gasteiger charge is -2.40. The smallest absolute Gasteiger partial charge is 0.133 e. The Balaban J connectivity index is 2.25. The summed E-state index contributed by atoms with van der Waals surface area (Å²) in [5, 5.41) is 0. The second-order valence-corrected chi connectivity index (χ2v) is 5.87. The van der Waals surface area contributed by atoms with E-state index < -0.39 is 0 Å². The highest BCUT2D eigenvalue weighted by Crippen LogP contribution is 2.47. The van der Waals surface area contributed by atoms with Crippen molar-refractivity contribution in [1.82, 2.24) is 0 Å². The first-order valence-corrected chi connectivity index (χ1v) is 6.22. The molecule has 0 saturated heterocycles. The summed E-state index contributed by atoms with van der Waals surface area (Å²) in [6.45, 7) is 6.46. The molecule has 0 spiro atoms. The van der Waals surface area contributed by atoms with Gasteiger partial charge in [0.1, 0.15) is 5.78 Å². The van der Waals surface area contributed by atoms with Crippen LogP contribution in [-0.2, 0) is 4.79 Å². The van der Waals surface area contributed by atoms with Crippen LogP contribution < -0.4 is 0 Å². The first-order valence-electron chi connectivity index (χ1n) is 6.22. The molecule has 1 heteroatoms. The summed E-state index contributed by atoms with van der Waals surface area (Å²) in [5.41, 5.74) is 3.67. The van der Waals surface area contributed by atoms with Gasteiger partial charge in [-0.25, -0.2) is 0 Å². The van der Waals surface area contributed by atoms with Crippen LogP contribution in [0.4, 0.5) is 0 Å². The number of Topliss-reactive ketones (excluding diaryl/α,β-unsaturated/α-hetero) is 1. The van der Waals surface area contributed by atoms with Crippen LogP contribution in [0.5, 0.6) is 0 Å². The number of allylic oxidation sites excluding steroid dienone is 2. The quantitative estimate of drug-likeness (QED) is 0.595. The largest absolute Gasteiger partial charge is 0.300 e. The van der Waals surface area contributed by atoms with Gasteiger partial charge in [-0.05, 0) is 50.9 Å². The predicted octanol–water partition coefficient (Wildman–Crippen LogP) is 3.88. The van der Waals surface area contributed by atoms with Crippen molar-refractivity contribution in [3.63, 3.8) is 0 Å². The average molecular weight is 206 g/mol. The van der Waals surface area contributed by atoms with E-state index in [-0.39, 0.29) is 0 Å². The van der Waals surface area contributed by atoms with Crippen LogP contribution in [0.2, 0.25) is 0 Å². The minimum atomic E-state index is 0.320. The molecule has 2 aliphatic carbocycles. The SMILES string of the molecule is CC(=O)[C@@H]1CCC2=C(C1)C(C)(C)CCC2. The molecule has 0 aromatic rings. The monoisotopic (exact) mass is 206 g/mol. The third-order valence-corrected chi connectivity index (χ3v) is 4.34. The van der Waals surface area contributed by atoms with Crippen molar-refractivity contribution >= 4 is 5.78 Å². The molecule has 0 heterocycles. The van der Waals surface area contributed by atoms with Gasteiger partial charge in [-0.15, -0.1) is 0 Å². The summed E-state index contributed by atoms with van der Waals surface area (Å²) >= 11 is 0. The molecule has 0 unspecified atom stereocenters. The van der Waals surface area contributed by atoms with E-state index in [2.05, 4.69) is 13.8 Å². The van der Waals surface area contributed by atoms with Gasteiger partial charge in [-0.1, -0.05) is 25.0 Å². The summed E-state index contributed by atoms with van der Waals surface area (Å²) in [7, 11) is 0. The Morgan fingerprint density at radius 2 is 2.07 bits per heavy atom. The number of rotatable bonds is 1. The predicted molar refractivity (Wildman–Crippen MR) is 62.7 cm³/mol. The first kappa shape index (κ1) is 10.9. The van der Waals surface area contributed by atoms with Crippen molar-refractivity contribution in [2.45, 2.75) is 59.3 Å². The minimum Gasteiger partial charge on any atom is -0.300 e.